The molecule has 0 unspecified atom stereocenters. The van der Waals surface area contributed by atoms with Crippen LogP contribution in [-0.4, -0.2) is 24.1 Å². The van der Waals surface area contributed by atoms with Gasteiger partial charge in [-0.2, -0.15) is 0 Å². The molecule has 14 rings (SSSR count). The first-order valence-electron chi connectivity index (χ1n) is 23.8. The van der Waals surface area contributed by atoms with Gasteiger partial charge < -0.3 is 9.13 Å². The van der Waals surface area contributed by atoms with Crippen molar-refractivity contribution in [2.24, 2.45) is 0 Å². The number of aromatic nitrogens is 5. The van der Waals surface area contributed by atoms with Gasteiger partial charge in [-0.25, -0.2) is 15.0 Å². The number of benzene rings is 10. The van der Waals surface area contributed by atoms with Gasteiger partial charge in [-0.05, 0) is 89.3 Å². The van der Waals surface area contributed by atoms with Gasteiger partial charge in [-0.1, -0.05) is 176 Å². The Bertz CT molecular complexity index is 4270. The molecule has 4 heterocycles. The highest BCUT2D eigenvalue weighted by Gasteiger charge is 2.19. The summed E-state index contributed by atoms with van der Waals surface area (Å²) in [5.74, 6) is 0.684. The second-order valence-corrected chi connectivity index (χ2v) is 18.0. The molecule has 0 fully saturated rings. The predicted molar refractivity (Wildman–Crippen MR) is 291 cm³/mol. The summed E-state index contributed by atoms with van der Waals surface area (Å²) in [5, 5.41) is 8.32. The standard InChI is InChI=1S/C65H41N5/c1-4-17-44(18-5-1)64-56-40-63-55(52-27-12-15-30-62(52)69(63)48-22-8-3-9-23-48)39-53(56)54-38-46(35-36-57(54)66-64)42-31-33-43(34-32-42)58-41-59(68-65(67-58)45-19-6-2-7-20-45)47-21-16-24-49(37-47)70-60-28-13-10-25-50(60)51-26-11-14-29-61(51)70/h1-41H. The maximum absolute atomic E-state index is 5.41. The van der Waals surface area contributed by atoms with Crippen molar-refractivity contribution in [3.63, 3.8) is 0 Å². The van der Waals surface area contributed by atoms with Gasteiger partial charge in [0.15, 0.2) is 5.82 Å². The Labute approximate surface area is 403 Å². The first kappa shape index (κ1) is 39.7. The summed E-state index contributed by atoms with van der Waals surface area (Å²) < 4.78 is 4.74. The van der Waals surface area contributed by atoms with E-state index in [1.54, 1.807) is 0 Å². The Kier molecular flexibility index (Phi) is 9.14. The summed E-state index contributed by atoms with van der Waals surface area (Å²) in [5.41, 5.74) is 16.9. The number of rotatable bonds is 7. The molecule has 5 nitrogen and oxygen atoms in total. The molecule has 5 heteroatoms. The number of pyridine rings is 1. The minimum Gasteiger partial charge on any atom is -0.309 e. The molecule has 0 atom stereocenters. The zero-order valence-electron chi connectivity index (χ0n) is 37.9. The first-order chi connectivity index (χ1) is 34.7. The molecule has 0 aliphatic carbocycles. The lowest BCUT2D eigenvalue weighted by atomic mass is 9.95. The third-order valence-corrected chi connectivity index (χ3v) is 13.9. The topological polar surface area (TPSA) is 48.5 Å². The Morgan fingerprint density at radius 1 is 0.243 bits per heavy atom. The van der Waals surface area contributed by atoms with Crippen LogP contribution in [0, 0.1) is 0 Å². The van der Waals surface area contributed by atoms with Crippen molar-refractivity contribution in [3.05, 3.63) is 249 Å². The number of hydrogen-bond acceptors (Lipinski definition) is 3. The van der Waals surface area contributed by atoms with E-state index in [0.717, 1.165) is 83.6 Å². The zero-order valence-corrected chi connectivity index (χ0v) is 37.9. The van der Waals surface area contributed by atoms with Crippen molar-refractivity contribution < 1.29 is 0 Å². The summed E-state index contributed by atoms with van der Waals surface area (Å²) in [4.78, 5) is 15.8. The van der Waals surface area contributed by atoms with Crippen LogP contribution in [0.15, 0.2) is 249 Å². The van der Waals surface area contributed by atoms with E-state index < -0.39 is 0 Å². The van der Waals surface area contributed by atoms with E-state index >= 15 is 0 Å². The van der Waals surface area contributed by atoms with Crippen molar-refractivity contribution >= 4 is 65.3 Å². The van der Waals surface area contributed by atoms with Gasteiger partial charge >= 0.3 is 0 Å². The molecule has 0 saturated carbocycles. The van der Waals surface area contributed by atoms with E-state index in [9.17, 15) is 0 Å². The highest BCUT2D eigenvalue weighted by atomic mass is 15.0. The van der Waals surface area contributed by atoms with Gasteiger partial charge in [0.25, 0.3) is 0 Å². The van der Waals surface area contributed by atoms with Gasteiger partial charge in [0, 0.05) is 65.9 Å². The Morgan fingerprint density at radius 2 is 0.757 bits per heavy atom. The maximum Gasteiger partial charge on any atom is 0.160 e. The number of hydrogen-bond donors (Lipinski definition) is 0. The first-order valence-corrected chi connectivity index (χ1v) is 23.8. The Balaban J connectivity index is 0.893. The van der Waals surface area contributed by atoms with Crippen LogP contribution in [0.2, 0.25) is 0 Å². The smallest absolute Gasteiger partial charge is 0.160 e. The van der Waals surface area contributed by atoms with E-state index in [2.05, 4.69) is 240 Å². The molecule has 0 aliphatic rings. The Hall–Kier alpha value is -9.45. The van der Waals surface area contributed by atoms with Gasteiger partial charge in [0.05, 0.1) is 44.7 Å². The summed E-state index contributed by atoms with van der Waals surface area (Å²) in [6, 6.07) is 88.5. The van der Waals surface area contributed by atoms with Crippen molar-refractivity contribution in [2.45, 2.75) is 0 Å². The molecule has 326 valence electrons. The van der Waals surface area contributed by atoms with Gasteiger partial charge in [0.2, 0.25) is 0 Å². The van der Waals surface area contributed by atoms with Gasteiger partial charge in [-0.3, -0.25) is 0 Å². The fraction of sp³-hybridized carbons (Fsp3) is 0. The van der Waals surface area contributed by atoms with Crippen molar-refractivity contribution in [1.29, 1.82) is 0 Å². The predicted octanol–water partition coefficient (Wildman–Crippen LogP) is 16.7. The lowest BCUT2D eigenvalue weighted by Gasteiger charge is -2.14. The highest BCUT2D eigenvalue weighted by molar-refractivity contribution is 6.20. The molecular weight excluding hydrogens is 851 g/mol. The van der Waals surface area contributed by atoms with Crippen molar-refractivity contribution in [2.75, 3.05) is 0 Å². The fourth-order valence-corrected chi connectivity index (χ4v) is 10.6. The fourth-order valence-electron chi connectivity index (χ4n) is 10.6. The second-order valence-electron chi connectivity index (χ2n) is 18.0. The van der Waals surface area contributed by atoms with E-state index in [1.807, 2.05) is 18.2 Å². The molecule has 4 aromatic heterocycles. The Morgan fingerprint density at radius 3 is 1.43 bits per heavy atom. The summed E-state index contributed by atoms with van der Waals surface area (Å²) in [6.45, 7) is 0. The number of nitrogens with zero attached hydrogens (tertiary/aromatic N) is 5. The number of para-hydroxylation sites is 4. The van der Waals surface area contributed by atoms with Gasteiger partial charge in [-0.15, -0.1) is 0 Å². The molecule has 0 spiro atoms. The van der Waals surface area contributed by atoms with Crippen LogP contribution in [0.4, 0.5) is 0 Å². The molecule has 0 aliphatic heterocycles. The SMILES string of the molecule is c1ccc(-c2nc(-c3ccc(-c4ccc5nc(-c6ccccc6)c6cc7c(cc6c5c4)c4ccccc4n7-c4ccccc4)cc3)cc(-c3cccc(-n4c5ccccc5c5ccccc54)c3)n2)cc1. The molecule has 14 aromatic rings. The van der Waals surface area contributed by atoms with Gasteiger partial charge in [0.1, 0.15) is 0 Å². The van der Waals surface area contributed by atoms with E-state index in [4.69, 9.17) is 15.0 Å². The molecular formula is C65H41N5. The van der Waals surface area contributed by atoms with Crippen molar-refractivity contribution in [3.8, 4) is 67.7 Å². The normalized spacial score (nSPS) is 11.7. The molecule has 0 saturated heterocycles. The van der Waals surface area contributed by atoms with E-state index in [-0.39, 0.29) is 0 Å². The number of fused-ring (bicyclic) bond motifs is 9. The minimum absolute atomic E-state index is 0.684. The molecule has 70 heavy (non-hydrogen) atoms. The summed E-state index contributed by atoms with van der Waals surface area (Å²) >= 11 is 0. The average molecular weight is 892 g/mol. The van der Waals surface area contributed by atoms with E-state index in [0.29, 0.717) is 5.82 Å². The molecule has 0 radical (unpaired) electrons. The van der Waals surface area contributed by atoms with Crippen LogP contribution in [-0.2, 0) is 0 Å². The average Bonchev–Trinajstić information content (AvgIpc) is 3.95. The van der Waals surface area contributed by atoms with Crippen LogP contribution in [0.1, 0.15) is 0 Å². The van der Waals surface area contributed by atoms with E-state index in [1.165, 1.54) is 43.5 Å². The highest BCUT2D eigenvalue weighted by Crippen LogP contribution is 2.41. The third kappa shape index (κ3) is 6.51. The van der Waals surface area contributed by atoms with Crippen LogP contribution < -0.4 is 0 Å². The monoisotopic (exact) mass is 891 g/mol. The minimum atomic E-state index is 0.684. The summed E-state index contributed by atoms with van der Waals surface area (Å²) in [6.07, 6.45) is 0. The second kappa shape index (κ2) is 16.1. The lowest BCUT2D eigenvalue weighted by Crippen LogP contribution is -1.98. The lowest BCUT2D eigenvalue weighted by molar-refractivity contribution is 1.16. The summed E-state index contributed by atoms with van der Waals surface area (Å²) in [7, 11) is 0. The van der Waals surface area contributed by atoms with Crippen LogP contribution in [0.3, 0.4) is 0 Å². The molecule has 0 N–H and O–H groups in total. The largest absolute Gasteiger partial charge is 0.309 e. The molecule has 10 aromatic carbocycles. The zero-order chi connectivity index (χ0) is 46.1. The van der Waals surface area contributed by atoms with Crippen molar-refractivity contribution in [1.82, 2.24) is 24.1 Å². The quantitative estimate of drug-likeness (QED) is 0.150. The van der Waals surface area contributed by atoms with Crippen LogP contribution in [0.25, 0.3) is 133 Å². The third-order valence-electron chi connectivity index (χ3n) is 13.9. The maximum atomic E-state index is 5.41. The van der Waals surface area contributed by atoms with Crippen LogP contribution >= 0.6 is 0 Å². The molecule has 0 amide bonds. The molecule has 0 bridgehead atoms. The van der Waals surface area contributed by atoms with Crippen LogP contribution in [0.5, 0.6) is 0 Å².